The van der Waals surface area contributed by atoms with E-state index >= 15 is 0 Å². The van der Waals surface area contributed by atoms with Crippen molar-refractivity contribution < 1.29 is 9.90 Å². The van der Waals surface area contributed by atoms with Gasteiger partial charge in [-0.05, 0) is 17.5 Å². The van der Waals surface area contributed by atoms with Crippen molar-refractivity contribution in [3.63, 3.8) is 0 Å². The van der Waals surface area contributed by atoms with Crippen molar-refractivity contribution in [2.75, 3.05) is 0 Å². The standard InChI is InChI=1S/C12H15N3O2/c1-7(2)9-6-15-5-8(11(13)12(16)17)3-4-10(15)14-9/h3-7,11H,13H2,1-2H3,(H,16,17). The van der Waals surface area contributed by atoms with E-state index < -0.39 is 12.0 Å². The van der Waals surface area contributed by atoms with Crippen molar-refractivity contribution in [2.24, 2.45) is 5.73 Å². The van der Waals surface area contributed by atoms with Crippen LogP contribution in [0.4, 0.5) is 0 Å². The van der Waals surface area contributed by atoms with Gasteiger partial charge in [0.05, 0.1) is 5.69 Å². The fourth-order valence-corrected chi connectivity index (χ4v) is 1.63. The number of aliphatic carboxylic acids is 1. The Morgan fingerprint density at radius 2 is 2.12 bits per heavy atom. The lowest BCUT2D eigenvalue weighted by atomic mass is 10.1. The molecule has 3 N–H and O–H groups in total. The zero-order chi connectivity index (χ0) is 12.6. The van der Waals surface area contributed by atoms with Crippen molar-refractivity contribution in [1.82, 2.24) is 9.38 Å². The average Bonchev–Trinajstić information content (AvgIpc) is 2.70. The van der Waals surface area contributed by atoms with Gasteiger partial charge in [0.1, 0.15) is 11.7 Å². The highest BCUT2D eigenvalue weighted by atomic mass is 16.4. The SMILES string of the molecule is CC(C)c1cn2cc(C(N)C(=O)O)ccc2n1. The molecule has 0 fully saturated rings. The third-order valence-electron chi connectivity index (χ3n) is 2.71. The van der Waals surface area contributed by atoms with Gasteiger partial charge >= 0.3 is 5.97 Å². The monoisotopic (exact) mass is 233 g/mol. The first kappa shape index (κ1) is 11.6. The fourth-order valence-electron chi connectivity index (χ4n) is 1.63. The lowest BCUT2D eigenvalue weighted by molar-refractivity contribution is -0.138. The van der Waals surface area contributed by atoms with Crippen LogP contribution in [-0.4, -0.2) is 20.5 Å². The highest BCUT2D eigenvalue weighted by Gasteiger charge is 2.15. The molecule has 0 aliphatic rings. The first-order valence-corrected chi connectivity index (χ1v) is 5.46. The lowest BCUT2D eigenvalue weighted by Crippen LogP contribution is -2.20. The third-order valence-corrected chi connectivity index (χ3v) is 2.71. The quantitative estimate of drug-likeness (QED) is 0.842. The molecule has 90 valence electrons. The Kier molecular flexibility index (Phi) is 2.85. The van der Waals surface area contributed by atoms with E-state index in [0.717, 1.165) is 11.3 Å². The van der Waals surface area contributed by atoms with Gasteiger partial charge in [0.2, 0.25) is 0 Å². The van der Waals surface area contributed by atoms with Gasteiger partial charge in [0.15, 0.2) is 0 Å². The summed E-state index contributed by atoms with van der Waals surface area (Å²) in [7, 11) is 0. The third kappa shape index (κ3) is 2.14. The van der Waals surface area contributed by atoms with Crippen LogP contribution in [0.15, 0.2) is 24.5 Å². The summed E-state index contributed by atoms with van der Waals surface area (Å²) in [6.07, 6.45) is 3.62. The second-order valence-corrected chi connectivity index (χ2v) is 4.36. The maximum atomic E-state index is 10.8. The maximum absolute atomic E-state index is 10.8. The second kappa shape index (κ2) is 4.18. The van der Waals surface area contributed by atoms with Crippen molar-refractivity contribution in [2.45, 2.75) is 25.8 Å². The van der Waals surface area contributed by atoms with E-state index in [0.29, 0.717) is 11.5 Å². The highest BCUT2D eigenvalue weighted by Crippen LogP contribution is 2.17. The van der Waals surface area contributed by atoms with Crippen molar-refractivity contribution >= 4 is 11.6 Å². The Labute approximate surface area is 98.9 Å². The summed E-state index contributed by atoms with van der Waals surface area (Å²) >= 11 is 0. The van der Waals surface area contributed by atoms with Gasteiger partial charge in [-0.1, -0.05) is 19.9 Å². The molecule has 0 bridgehead atoms. The van der Waals surface area contributed by atoms with E-state index in [4.69, 9.17) is 10.8 Å². The van der Waals surface area contributed by atoms with Gasteiger partial charge in [-0.25, -0.2) is 4.98 Å². The van der Waals surface area contributed by atoms with Crippen LogP contribution >= 0.6 is 0 Å². The van der Waals surface area contributed by atoms with E-state index in [1.807, 2.05) is 10.6 Å². The summed E-state index contributed by atoms with van der Waals surface area (Å²) < 4.78 is 1.81. The van der Waals surface area contributed by atoms with Gasteiger partial charge in [-0.2, -0.15) is 0 Å². The number of rotatable bonds is 3. The van der Waals surface area contributed by atoms with Gasteiger partial charge in [-0.15, -0.1) is 0 Å². The van der Waals surface area contributed by atoms with Crippen LogP contribution in [0.1, 0.15) is 37.1 Å². The summed E-state index contributed by atoms with van der Waals surface area (Å²) in [5, 5.41) is 8.85. The molecule has 0 radical (unpaired) electrons. The Hall–Kier alpha value is -1.88. The molecule has 1 unspecified atom stereocenters. The minimum absolute atomic E-state index is 0.339. The molecule has 1 atom stereocenters. The molecule has 0 saturated carbocycles. The molecule has 0 aliphatic heterocycles. The number of aromatic nitrogens is 2. The number of carboxylic acids is 1. The van der Waals surface area contributed by atoms with Crippen molar-refractivity contribution in [3.05, 3.63) is 35.8 Å². The number of pyridine rings is 1. The van der Waals surface area contributed by atoms with Crippen LogP contribution in [0.25, 0.3) is 5.65 Å². The Bertz CT molecular complexity index is 560. The van der Waals surface area contributed by atoms with Crippen molar-refractivity contribution in [1.29, 1.82) is 0 Å². The van der Waals surface area contributed by atoms with E-state index in [9.17, 15) is 4.79 Å². The Balaban J connectivity index is 2.46. The molecule has 5 nitrogen and oxygen atoms in total. The number of carbonyl (C=O) groups is 1. The maximum Gasteiger partial charge on any atom is 0.325 e. The topological polar surface area (TPSA) is 80.6 Å². The molecule has 2 aromatic heterocycles. The number of fused-ring (bicyclic) bond motifs is 1. The molecular formula is C12H15N3O2. The van der Waals surface area contributed by atoms with Crippen LogP contribution < -0.4 is 5.73 Å². The smallest absolute Gasteiger partial charge is 0.325 e. The Morgan fingerprint density at radius 1 is 1.41 bits per heavy atom. The average molecular weight is 233 g/mol. The molecule has 0 aliphatic carbocycles. The summed E-state index contributed by atoms with van der Waals surface area (Å²) in [6.45, 7) is 4.12. The zero-order valence-electron chi connectivity index (χ0n) is 9.79. The number of nitrogens with zero attached hydrogens (tertiary/aromatic N) is 2. The minimum Gasteiger partial charge on any atom is -0.480 e. The predicted molar refractivity (Wildman–Crippen MR) is 63.8 cm³/mol. The van der Waals surface area contributed by atoms with Crippen LogP contribution in [0.5, 0.6) is 0 Å². The van der Waals surface area contributed by atoms with Crippen LogP contribution in [0.3, 0.4) is 0 Å². The number of nitrogens with two attached hydrogens (primary N) is 1. The molecule has 0 amide bonds. The largest absolute Gasteiger partial charge is 0.480 e. The molecule has 5 heteroatoms. The van der Waals surface area contributed by atoms with Gasteiger partial charge in [0, 0.05) is 12.4 Å². The molecule has 0 spiro atoms. The second-order valence-electron chi connectivity index (χ2n) is 4.36. The van der Waals surface area contributed by atoms with Gasteiger partial charge < -0.3 is 15.2 Å². The zero-order valence-corrected chi connectivity index (χ0v) is 9.79. The van der Waals surface area contributed by atoms with Crippen LogP contribution in [0.2, 0.25) is 0 Å². The fraction of sp³-hybridized carbons (Fsp3) is 0.333. The lowest BCUT2D eigenvalue weighted by Gasteiger charge is -2.06. The molecule has 2 aromatic rings. The number of carboxylic acid groups (broad SMARTS) is 1. The summed E-state index contributed by atoms with van der Waals surface area (Å²) in [5.41, 5.74) is 7.91. The Morgan fingerprint density at radius 3 is 2.71 bits per heavy atom. The molecule has 0 saturated heterocycles. The van der Waals surface area contributed by atoms with Gasteiger partial charge in [-0.3, -0.25) is 4.79 Å². The normalized spacial score (nSPS) is 13.2. The molecule has 0 aromatic carbocycles. The number of hydrogen-bond acceptors (Lipinski definition) is 3. The van der Waals surface area contributed by atoms with Crippen molar-refractivity contribution in [3.8, 4) is 0 Å². The first-order chi connectivity index (χ1) is 7.99. The van der Waals surface area contributed by atoms with Crippen LogP contribution in [-0.2, 0) is 4.79 Å². The number of imidazole rings is 1. The van der Waals surface area contributed by atoms with E-state index in [2.05, 4.69) is 18.8 Å². The summed E-state index contributed by atoms with van der Waals surface area (Å²) in [5.74, 6) is -0.694. The first-order valence-electron chi connectivity index (χ1n) is 5.46. The number of hydrogen-bond donors (Lipinski definition) is 2. The minimum atomic E-state index is -1.03. The molecular weight excluding hydrogens is 218 g/mol. The van der Waals surface area contributed by atoms with Crippen LogP contribution in [0, 0.1) is 0 Å². The summed E-state index contributed by atoms with van der Waals surface area (Å²) in [6, 6.07) is 2.49. The molecule has 2 rings (SSSR count). The highest BCUT2D eigenvalue weighted by molar-refractivity contribution is 5.75. The summed E-state index contributed by atoms with van der Waals surface area (Å²) in [4.78, 5) is 15.2. The predicted octanol–water partition coefficient (Wildman–Crippen LogP) is 1.54. The van der Waals surface area contributed by atoms with Gasteiger partial charge in [0.25, 0.3) is 0 Å². The molecule has 2 heterocycles. The molecule has 17 heavy (non-hydrogen) atoms. The van der Waals surface area contributed by atoms with E-state index in [1.165, 1.54) is 0 Å². The van der Waals surface area contributed by atoms with E-state index in [1.54, 1.807) is 18.3 Å². The van der Waals surface area contributed by atoms with E-state index in [-0.39, 0.29) is 0 Å².